The van der Waals surface area contributed by atoms with Gasteiger partial charge in [0.25, 0.3) is 5.91 Å². The second kappa shape index (κ2) is 6.38. The van der Waals surface area contributed by atoms with Crippen LogP contribution in [0.5, 0.6) is 0 Å². The fraction of sp³-hybridized carbons (Fsp3) is 0.200. The van der Waals surface area contributed by atoms with Gasteiger partial charge < -0.3 is 14.5 Å². The van der Waals surface area contributed by atoms with E-state index in [0.717, 1.165) is 18.2 Å². The number of ether oxygens (including phenoxy) is 1. The molecule has 0 radical (unpaired) electrons. The van der Waals surface area contributed by atoms with Crippen LogP contribution in [0.2, 0.25) is 0 Å². The summed E-state index contributed by atoms with van der Waals surface area (Å²) in [5.74, 6) is -2.66. The Kier molecular flexibility index (Phi) is 4.55. The third-order valence-electron chi connectivity index (χ3n) is 2.92. The highest BCUT2D eigenvalue weighted by Gasteiger charge is 2.22. The van der Waals surface area contributed by atoms with Gasteiger partial charge in [-0.2, -0.15) is 0 Å². The molecule has 2 aromatic rings. The number of furan rings is 1. The molecule has 2 rings (SSSR count). The van der Waals surface area contributed by atoms with Gasteiger partial charge in [-0.15, -0.1) is 0 Å². The molecule has 0 aliphatic rings. The molecule has 0 fully saturated rings. The van der Waals surface area contributed by atoms with Crippen LogP contribution in [0.25, 0.3) is 0 Å². The first-order valence-corrected chi connectivity index (χ1v) is 6.39. The number of amides is 1. The number of benzene rings is 1. The molecule has 22 heavy (non-hydrogen) atoms. The molecule has 1 heterocycles. The quantitative estimate of drug-likeness (QED) is 0.881. The Bertz CT molecular complexity index is 711. The third-order valence-corrected chi connectivity index (χ3v) is 2.92. The molecule has 0 aliphatic carbocycles. The van der Waals surface area contributed by atoms with E-state index in [1.165, 1.54) is 19.3 Å². The summed E-state index contributed by atoms with van der Waals surface area (Å²) in [4.78, 5) is 23.7. The summed E-state index contributed by atoms with van der Waals surface area (Å²) in [7, 11) is 0. The minimum atomic E-state index is -1.19. The fourth-order valence-corrected chi connectivity index (χ4v) is 1.70. The second-order valence-corrected chi connectivity index (χ2v) is 4.55. The van der Waals surface area contributed by atoms with Crippen LogP contribution >= 0.6 is 0 Å². The highest BCUT2D eigenvalue weighted by atomic mass is 19.1. The normalized spacial score (nSPS) is 11.8. The van der Waals surface area contributed by atoms with E-state index in [1.807, 2.05) is 0 Å². The molecule has 0 spiro atoms. The number of nitrogens with one attached hydrogen (secondary N) is 1. The molecule has 0 saturated carbocycles. The predicted octanol–water partition coefficient (Wildman–Crippen LogP) is 3.05. The summed E-state index contributed by atoms with van der Waals surface area (Å²) in [6, 6.07) is 4.06. The van der Waals surface area contributed by atoms with Crippen molar-refractivity contribution in [3.8, 4) is 0 Å². The lowest BCUT2D eigenvalue weighted by atomic mass is 10.2. The first kappa shape index (κ1) is 15.7. The standard InChI is InChI=1S/C15H13F2NO4/c1-8-11(5-6-21-8)15(20)22-9(2)14(19)18-13-7-10(16)3-4-12(13)17/h3-7,9H,1-2H3,(H,18,19)/t9-/m0/s1. The zero-order valence-electron chi connectivity index (χ0n) is 11.9. The first-order chi connectivity index (χ1) is 10.4. The zero-order valence-corrected chi connectivity index (χ0v) is 11.9. The SMILES string of the molecule is Cc1occc1C(=O)O[C@@H](C)C(=O)Nc1cc(F)ccc1F. The van der Waals surface area contributed by atoms with Crippen LogP contribution in [-0.2, 0) is 9.53 Å². The summed E-state index contributed by atoms with van der Waals surface area (Å²) >= 11 is 0. The van der Waals surface area contributed by atoms with E-state index in [-0.39, 0.29) is 11.3 Å². The number of hydrogen-bond donors (Lipinski definition) is 1. The fourth-order valence-electron chi connectivity index (χ4n) is 1.70. The van der Waals surface area contributed by atoms with E-state index in [9.17, 15) is 18.4 Å². The summed E-state index contributed by atoms with van der Waals surface area (Å²) in [5.41, 5.74) is -0.135. The number of hydrogen-bond acceptors (Lipinski definition) is 4. The first-order valence-electron chi connectivity index (χ1n) is 6.39. The molecule has 0 unspecified atom stereocenters. The number of carbonyl (C=O) groups excluding carboxylic acids is 2. The van der Waals surface area contributed by atoms with Crippen LogP contribution < -0.4 is 5.32 Å². The van der Waals surface area contributed by atoms with E-state index < -0.39 is 29.6 Å². The second-order valence-electron chi connectivity index (χ2n) is 4.55. The van der Waals surface area contributed by atoms with Crippen molar-refractivity contribution >= 4 is 17.6 Å². The molecule has 0 aliphatic heterocycles. The van der Waals surface area contributed by atoms with Crippen molar-refractivity contribution in [2.24, 2.45) is 0 Å². The van der Waals surface area contributed by atoms with Gasteiger partial charge in [-0.3, -0.25) is 4.79 Å². The molecule has 7 heteroatoms. The van der Waals surface area contributed by atoms with Gasteiger partial charge in [-0.05, 0) is 32.0 Å². The molecule has 0 bridgehead atoms. The van der Waals surface area contributed by atoms with Gasteiger partial charge in [-0.25, -0.2) is 13.6 Å². The molecule has 1 atom stereocenters. The Morgan fingerprint density at radius 3 is 2.64 bits per heavy atom. The van der Waals surface area contributed by atoms with Crippen LogP contribution in [0.4, 0.5) is 14.5 Å². The third kappa shape index (κ3) is 3.49. The van der Waals surface area contributed by atoms with Gasteiger partial charge in [0.2, 0.25) is 0 Å². The van der Waals surface area contributed by atoms with Crippen LogP contribution in [0, 0.1) is 18.6 Å². The number of carbonyl (C=O) groups is 2. The van der Waals surface area contributed by atoms with Gasteiger partial charge in [0.15, 0.2) is 6.10 Å². The van der Waals surface area contributed by atoms with Crippen molar-refractivity contribution in [2.75, 3.05) is 5.32 Å². The molecule has 1 aromatic carbocycles. The van der Waals surface area contributed by atoms with Crippen LogP contribution in [0.15, 0.2) is 34.9 Å². The molecule has 1 amide bonds. The van der Waals surface area contributed by atoms with E-state index in [0.29, 0.717) is 5.76 Å². The van der Waals surface area contributed by atoms with Gasteiger partial charge in [0, 0.05) is 6.07 Å². The maximum atomic E-state index is 13.4. The van der Waals surface area contributed by atoms with E-state index in [2.05, 4.69) is 5.32 Å². The Hall–Kier alpha value is -2.70. The average molecular weight is 309 g/mol. The van der Waals surface area contributed by atoms with Gasteiger partial charge in [0.05, 0.1) is 12.0 Å². The van der Waals surface area contributed by atoms with E-state index in [4.69, 9.17) is 9.15 Å². The maximum absolute atomic E-state index is 13.4. The topological polar surface area (TPSA) is 68.5 Å². The van der Waals surface area contributed by atoms with Crippen molar-refractivity contribution in [3.63, 3.8) is 0 Å². The summed E-state index contributed by atoms with van der Waals surface area (Å²) < 4.78 is 36.4. The Morgan fingerprint density at radius 2 is 2.00 bits per heavy atom. The number of esters is 1. The van der Waals surface area contributed by atoms with E-state index in [1.54, 1.807) is 6.92 Å². The molecule has 1 aromatic heterocycles. The zero-order chi connectivity index (χ0) is 16.3. The summed E-state index contributed by atoms with van der Waals surface area (Å²) in [6.45, 7) is 2.89. The molecule has 0 saturated heterocycles. The minimum absolute atomic E-state index is 0.191. The predicted molar refractivity (Wildman–Crippen MR) is 73.3 cm³/mol. The number of rotatable bonds is 4. The Labute approximate surface area is 124 Å². The monoisotopic (exact) mass is 309 g/mol. The lowest BCUT2D eigenvalue weighted by Crippen LogP contribution is -2.30. The van der Waals surface area contributed by atoms with Gasteiger partial charge in [0.1, 0.15) is 23.0 Å². The molecule has 1 N–H and O–H groups in total. The minimum Gasteiger partial charge on any atom is -0.469 e. The highest BCUT2D eigenvalue weighted by molar-refractivity contribution is 5.97. The smallest absolute Gasteiger partial charge is 0.342 e. The Morgan fingerprint density at radius 1 is 1.27 bits per heavy atom. The van der Waals surface area contributed by atoms with Crippen LogP contribution in [0.3, 0.4) is 0 Å². The molecular formula is C15H13F2NO4. The molecule has 5 nitrogen and oxygen atoms in total. The van der Waals surface area contributed by atoms with Crippen molar-refractivity contribution in [2.45, 2.75) is 20.0 Å². The molecule has 116 valence electrons. The number of halogens is 2. The molecular weight excluding hydrogens is 296 g/mol. The maximum Gasteiger partial charge on any atom is 0.342 e. The van der Waals surface area contributed by atoms with Gasteiger partial charge in [-0.1, -0.05) is 0 Å². The largest absolute Gasteiger partial charge is 0.469 e. The summed E-state index contributed by atoms with van der Waals surface area (Å²) in [6.07, 6.45) is 0.128. The van der Waals surface area contributed by atoms with Crippen molar-refractivity contribution in [3.05, 3.63) is 53.5 Å². The van der Waals surface area contributed by atoms with Crippen molar-refractivity contribution in [1.29, 1.82) is 0 Å². The summed E-state index contributed by atoms with van der Waals surface area (Å²) in [5, 5.41) is 2.16. The van der Waals surface area contributed by atoms with Crippen molar-refractivity contribution in [1.82, 2.24) is 0 Å². The van der Waals surface area contributed by atoms with Crippen LogP contribution in [-0.4, -0.2) is 18.0 Å². The van der Waals surface area contributed by atoms with Crippen molar-refractivity contribution < 1.29 is 27.5 Å². The number of aryl methyl sites for hydroxylation is 1. The van der Waals surface area contributed by atoms with E-state index >= 15 is 0 Å². The lowest BCUT2D eigenvalue weighted by Gasteiger charge is -2.13. The highest BCUT2D eigenvalue weighted by Crippen LogP contribution is 2.16. The lowest BCUT2D eigenvalue weighted by molar-refractivity contribution is -0.123. The Balaban J connectivity index is 2.02. The average Bonchev–Trinajstić information content (AvgIpc) is 2.89. The van der Waals surface area contributed by atoms with Gasteiger partial charge >= 0.3 is 5.97 Å². The number of anilines is 1. The van der Waals surface area contributed by atoms with Crippen LogP contribution in [0.1, 0.15) is 23.0 Å².